The summed E-state index contributed by atoms with van der Waals surface area (Å²) < 4.78 is 21.6. The van der Waals surface area contributed by atoms with Crippen LogP contribution in [-0.4, -0.2) is 43.9 Å². The fourth-order valence-corrected chi connectivity index (χ4v) is 3.40. The molecule has 1 saturated carbocycles. The van der Waals surface area contributed by atoms with Gasteiger partial charge in [-0.3, -0.25) is 0 Å². The zero-order valence-electron chi connectivity index (χ0n) is 16.2. The number of hydrogen-bond donors (Lipinski definition) is 2. The van der Waals surface area contributed by atoms with Crippen LogP contribution in [0.3, 0.4) is 0 Å². The molecule has 0 aliphatic heterocycles. The van der Waals surface area contributed by atoms with Crippen LogP contribution in [0.25, 0.3) is 22.2 Å². The summed E-state index contributed by atoms with van der Waals surface area (Å²) in [5, 5.41) is 11.0. The van der Waals surface area contributed by atoms with E-state index in [0.29, 0.717) is 37.3 Å². The van der Waals surface area contributed by atoms with E-state index in [1.807, 2.05) is 10.8 Å². The average Bonchev–Trinajstić information content (AvgIpc) is 3.05. The van der Waals surface area contributed by atoms with Crippen LogP contribution in [0.1, 0.15) is 31.4 Å². The highest BCUT2D eigenvalue weighted by atomic mass is 19.1. The number of fused-ring (bicyclic) bond motifs is 1. The lowest BCUT2D eigenvalue weighted by Crippen LogP contribution is -2.34. The predicted molar refractivity (Wildman–Crippen MR) is 107 cm³/mol. The summed E-state index contributed by atoms with van der Waals surface area (Å²) in [6, 6.07) is 1.80. The number of ether oxygens (including phenoxy) is 1. The minimum absolute atomic E-state index is 0.00274. The first-order valence-electron chi connectivity index (χ1n) is 9.51. The molecule has 0 bridgehead atoms. The van der Waals surface area contributed by atoms with Crippen molar-refractivity contribution >= 4 is 16.9 Å². The Morgan fingerprint density at radius 2 is 2.17 bits per heavy atom. The number of aryl methyl sites for hydroxylation is 1. The average molecular weight is 395 g/mol. The molecule has 3 N–H and O–H groups in total. The number of nitrogen functional groups attached to an aromatic ring is 1. The standard InChI is InChI=1S/C21H22FN5O2/c1-29-9-3-8-27-13-16(19-17(22)11-25-20(23)26-19)15-10-14(24-12-18(15)27)4-7-21(28)5-2-6-21/h10-13,28H,2-3,5-6,8-9H2,1H3,(H2,23,25,26). The number of aliphatic hydroxyl groups is 1. The van der Waals surface area contributed by atoms with E-state index >= 15 is 0 Å². The van der Waals surface area contributed by atoms with Gasteiger partial charge in [0.1, 0.15) is 17.0 Å². The molecule has 0 radical (unpaired) electrons. The Hall–Kier alpha value is -3.02. The maximum atomic E-state index is 14.5. The van der Waals surface area contributed by atoms with Crippen LogP contribution >= 0.6 is 0 Å². The van der Waals surface area contributed by atoms with Crippen molar-refractivity contribution in [3.63, 3.8) is 0 Å². The lowest BCUT2D eigenvalue weighted by molar-refractivity contribution is 0.0239. The largest absolute Gasteiger partial charge is 0.385 e. The summed E-state index contributed by atoms with van der Waals surface area (Å²) in [5.41, 5.74) is 6.84. The van der Waals surface area contributed by atoms with Crippen molar-refractivity contribution in [2.24, 2.45) is 0 Å². The number of nitrogens with two attached hydrogens (primary N) is 1. The molecule has 7 nitrogen and oxygen atoms in total. The first-order chi connectivity index (χ1) is 14.0. The van der Waals surface area contributed by atoms with Gasteiger partial charge < -0.3 is 20.1 Å². The Kier molecular flexibility index (Phi) is 5.18. The highest BCUT2D eigenvalue weighted by Gasteiger charge is 2.32. The number of methoxy groups -OCH3 is 1. The second-order valence-electron chi connectivity index (χ2n) is 7.23. The normalized spacial score (nSPS) is 15.0. The third kappa shape index (κ3) is 3.92. The van der Waals surface area contributed by atoms with Crippen molar-refractivity contribution < 1.29 is 14.2 Å². The van der Waals surface area contributed by atoms with Crippen LogP contribution in [0.4, 0.5) is 10.3 Å². The molecule has 4 rings (SSSR count). The van der Waals surface area contributed by atoms with Crippen LogP contribution in [0.15, 0.2) is 24.7 Å². The van der Waals surface area contributed by atoms with E-state index in [9.17, 15) is 9.50 Å². The van der Waals surface area contributed by atoms with Crippen molar-refractivity contribution in [1.29, 1.82) is 0 Å². The van der Waals surface area contributed by atoms with Gasteiger partial charge in [-0.05, 0) is 37.7 Å². The number of nitrogens with zero attached hydrogens (tertiary/aromatic N) is 4. The van der Waals surface area contributed by atoms with E-state index in [1.54, 1.807) is 19.4 Å². The molecule has 0 amide bonds. The van der Waals surface area contributed by atoms with Crippen LogP contribution in [0.2, 0.25) is 0 Å². The first kappa shape index (κ1) is 19.3. The Morgan fingerprint density at radius 1 is 1.34 bits per heavy atom. The Morgan fingerprint density at radius 3 is 2.90 bits per heavy atom. The predicted octanol–water partition coefficient (Wildman–Crippen LogP) is 2.52. The SMILES string of the molecule is COCCCn1cc(-c2nc(N)ncc2F)c2cc(C#CC3(O)CCC3)ncc21. The molecule has 29 heavy (non-hydrogen) atoms. The van der Waals surface area contributed by atoms with Gasteiger partial charge in [0, 0.05) is 37.4 Å². The van der Waals surface area contributed by atoms with Gasteiger partial charge in [-0.15, -0.1) is 0 Å². The van der Waals surface area contributed by atoms with Gasteiger partial charge >= 0.3 is 0 Å². The Bertz CT molecular complexity index is 1110. The van der Waals surface area contributed by atoms with Gasteiger partial charge in [0.15, 0.2) is 5.82 Å². The summed E-state index contributed by atoms with van der Waals surface area (Å²) in [6.45, 7) is 1.29. The van der Waals surface area contributed by atoms with Crippen LogP contribution < -0.4 is 5.73 Å². The highest BCUT2D eigenvalue weighted by molar-refractivity contribution is 5.95. The molecule has 0 spiro atoms. The van der Waals surface area contributed by atoms with Gasteiger partial charge in [-0.2, -0.15) is 0 Å². The van der Waals surface area contributed by atoms with E-state index in [-0.39, 0.29) is 11.6 Å². The molecule has 0 unspecified atom stereocenters. The molecule has 8 heteroatoms. The van der Waals surface area contributed by atoms with E-state index in [1.165, 1.54) is 0 Å². The molecule has 0 saturated heterocycles. The third-order valence-electron chi connectivity index (χ3n) is 5.14. The number of hydrogen-bond acceptors (Lipinski definition) is 6. The molecule has 1 fully saturated rings. The van der Waals surface area contributed by atoms with Crippen molar-refractivity contribution in [3.8, 4) is 23.1 Å². The molecular formula is C21H22FN5O2. The Labute approximate surface area is 167 Å². The smallest absolute Gasteiger partial charge is 0.220 e. The van der Waals surface area contributed by atoms with Crippen LogP contribution in [-0.2, 0) is 11.3 Å². The summed E-state index contributed by atoms with van der Waals surface area (Å²) >= 11 is 0. The summed E-state index contributed by atoms with van der Waals surface area (Å²) in [5.74, 6) is 5.31. The minimum Gasteiger partial charge on any atom is -0.385 e. The minimum atomic E-state index is -0.918. The fourth-order valence-electron chi connectivity index (χ4n) is 3.40. The van der Waals surface area contributed by atoms with Crippen molar-refractivity contribution in [2.45, 2.75) is 37.8 Å². The molecule has 1 aliphatic carbocycles. The van der Waals surface area contributed by atoms with Gasteiger partial charge in [0.05, 0.1) is 17.9 Å². The topological polar surface area (TPSA) is 99.1 Å². The van der Waals surface area contributed by atoms with E-state index in [0.717, 1.165) is 29.9 Å². The van der Waals surface area contributed by atoms with E-state index in [2.05, 4.69) is 26.8 Å². The summed E-state index contributed by atoms with van der Waals surface area (Å²) in [4.78, 5) is 12.2. The third-order valence-corrected chi connectivity index (χ3v) is 5.14. The zero-order valence-corrected chi connectivity index (χ0v) is 16.2. The van der Waals surface area contributed by atoms with Gasteiger partial charge in [0.25, 0.3) is 0 Å². The molecule has 3 aromatic heterocycles. The van der Waals surface area contributed by atoms with Crippen LogP contribution in [0, 0.1) is 17.7 Å². The lowest BCUT2D eigenvalue weighted by atomic mass is 9.81. The molecule has 150 valence electrons. The second kappa shape index (κ2) is 7.78. The molecule has 1 aliphatic rings. The number of aromatic nitrogens is 4. The fraction of sp³-hybridized carbons (Fsp3) is 0.381. The summed E-state index contributed by atoms with van der Waals surface area (Å²) in [7, 11) is 1.65. The quantitative estimate of drug-likeness (QED) is 0.509. The molecule has 3 heterocycles. The second-order valence-corrected chi connectivity index (χ2v) is 7.23. The maximum Gasteiger partial charge on any atom is 0.220 e. The van der Waals surface area contributed by atoms with Gasteiger partial charge in [-0.1, -0.05) is 5.92 Å². The zero-order chi connectivity index (χ0) is 20.4. The highest BCUT2D eigenvalue weighted by Crippen LogP contribution is 2.32. The number of halogens is 1. The number of pyridine rings is 1. The van der Waals surface area contributed by atoms with Crippen molar-refractivity contribution in [3.05, 3.63) is 36.2 Å². The van der Waals surface area contributed by atoms with Gasteiger partial charge in [0.2, 0.25) is 5.95 Å². The Balaban J connectivity index is 1.81. The molecule has 3 aromatic rings. The number of rotatable bonds is 5. The van der Waals surface area contributed by atoms with E-state index < -0.39 is 11.4 Å². The van der Waals surface area contributed by atoms with Crippen LogP contribution in [0.5, 0.6) is 0 Å². The van der Waals surface area contributed by atoms with Crippen molar-refractivity contribution in [2.75, 3.05) is 19.5 Å². The number of anilines is 1. The molecular weight excluding hydrogens is 373 g/mol. The summed E-state index contributed by atoms with van der Waals surface area (Å²) in [6.07, 6.45) is 7.74. The van der Waals surface area contributed by atoms with Crippen molar-refractivity contribution in [1.82, 2.24) is 19.5 Å². The monoisotopic (exact) mass is 395 g/mol. The molecule has 0 aromatic carbocycles. The first-order valence-corrected chi connectivity index (χ1v) is 9.51. The maximum absolute atomic E-state index is 14.5. The molecule has 0 atom stereocenters. The van der Waals surface area contributed by atoms with E-state index in [4.69, 9.17) is 10.5 Å². The lowest BCUT2D eigenvalue weighted by Gasteiger charge is -2.30. The van der Waals surface area contributed by atoms with Gasteiger partial charge in [-0.25, -0.2) is 19.3 Å².